The van der Waals surface area contributed by atoms with Crippen molar-refractivity contribution < 1.29 is 18.5 Å². The molecule has 0 aromatic heterocycles. The maximum absolute atomic E-state index is 13.4. The Morgan fingerprint density at radius 3 is 2.42 bits per heavy atom. The molecule has 8 heteroatoms. The smallest absolute Gasteiger partial charge is 0.319 e. The summed E-state index contributed by atoms with van der Waals surface area (Å²) in [5.41, 5.74) is 0.601. The molecular formula is C16H24FN3O3S. The zero-order valence-corrected chi connectivity index (χ0v) is 15.0. The summed E-state index contributed by atoms with van der Waals surface area (Å²) in [5, 5.41) is 5.65. The Labute approximate surface area is 145 Å². The fourth-order valence-corrected chi connectivity index (χ4v) is 3.22. The summed E-state index contributed by atoms with van der Waals surface area (Å²) < 4.78 is 31.8. The predicted octanol–water partition coefficient (Wildman–Crippen LogP) is 2.65. The number of ether oxygens (including phenoxy) is 1. The van der Waals surface area contributed by atoms with Gasteiger partial charge in [0.15, 0.2) is 0 Å². The van der Waals surface area contributed by atoms with E-state index in [4.69, 9.17) is 4.74 Å². The minimum Gasteiger partial charge on any atom is -0.598 e. The summed E-state index contributed by atoms with van der Waals surface area (Å²) in [7, 11) is 0. The Kier molecular flexibility index (Phi) is 6.31. The average Bonchev–Trinajstić information content (AvgIpc) is 2.48. The van der Waals surface area contributed by atoms with Gasteiger partial charge in [0.2, 0.25) is 5.85 Å². The van der Waals surface area contributed by atoms with Gasteiger partial charge < -0.3 is 19.9 Å². The standard InChI is InChI=1S/C16H24FN3O3S/c1-16(2,17)23-14-6-4-12(5-7-14)18-15(21)19-13-8-10-20(11-9-13)24(3)22/h4-7,13H,8-11H2,1-3H3,(H2,18,19,21). The summed E-state index contributed by atoms with van der Waals surface area (Å²) >= 11 is -0.954. The number of rotatable bonds is 5. The molecule has 134 valence electrons. The van der Waals surface area contributed by atoms with Crippen LogP contribution in [0.15, 0.2) is 24.3 Å². The van der Waals surface area contributed by atoms with Crippen LogP contribution in [-0.2, 0) is 11.4 Å². The van der Waals surface area contributed by atoms with Crippen molar-refractivity contribution in [1.29, 1.82) is 0 Å². The Hall–Kier alpha value is -1.51. The summed E-state index contributed by atoms with van der Waals surface area (Å²) in [6.45, 7) is 4.07. The molecule has 1 aliphatic rings. The first-order valence-electron chi connectivity index (χ1n) is 7.87. The van der Waals surface area contributed by atoms with E-state index in [0.717, 1.165) is 12.8 Å². The maximum Gasteiger partial charge on any atom is 0.319 e. The molecule has 0 bridgehead atoms. The van der Waals surface area contributed by atoms with E-state index in [0.29, 0.717) is 24.5 Å². The lowest BCUT2D eigenvalue weighted by molar-refractivity contribution is -0.0256. The van der Waals surface area contributed by atoms with Crippen molar-refractivity contribution >= 4 is 23.1 Å². The maximum atomic E-state index is 13.4. The number of carbonyl (C=O) groups excluding carboxylic acids is 1. The van der Waals surface area contributed by atoms with Crippen molar-refractivity contribution in [3.8, 4) is 5.75 Å². The summed E-state index contributed by atoms with van der Waals surface area (Å²) in [4.78, 5) is 12.0. The van der Waals surface area contributed by atoms with Crippen LogP contribution in [0.1, 0.15) is 26.7 Å². The van der Waals surface area contributed by atoms with Gasteiger partial charge in [-0.2, -0.15) is 4.39 Å². The van der Waals surface area contributed by atoms with Crippen LogP contribution >= 0.6 is 0 Å². The van der Waals surface area contributed by atoms with Crippen LogP contribution in [0.4, 0.5) is 14.9 Å². The average molecular weight is 357 g/mol. The normalized spacial score (nSPS) is 18.0. The molecule has 2 amide bonds. The Morgan fingerprint density at radius 2 is 1.92 bits per heavy atom. The van der Waals surface area contributed by atoms with Crippen LogP contribution in [0.25, 0.3) is 0 Å². The molecule has 1 aromatic carbocycles. The molecule has 2 rings (SSSR count). The zero-order chi connectivity index (χ0) is 17.7. The van der Waals surface area contributed by atoms with Gasteiger partial charge in [-0.05, 0) is 37.1 Å². The predicted molar refractivity (Wildman–Crippen MR) is 93.1 cm³/mol. The van der Waals surface area contributed by atoms with Crippen LogP contribution in [0.5, 0.6) is 5.75 Å². The van der Waals surface area contributed by atoms with Crippen LogP contribution in [0.2, 0.25) is 0 Å². The third kappa shape index (κ3) is 6.18. The van der Waals surface area contributed by atoms with Gasteiger partial charge in [0.05, 0.1) is 0 Å². The summed E-state index contributed by atoms with van der Waals surface area (Å²) in [6.07, 6.45) is 3.20. The summed E-state index contributed by atoms with van der Waals surface area (Å²) in [5.74, 6) is -1.35. The van der Waals surface area contributed by atoms with E-state index in [1.54, 1.807) is 30.5 Å². The highest BCUT2D eigenvalue weighted by molar-refractivity contribution is 7.88. The first-order valence-corrected chi connectivity index (χ1v) is 9.38. The number of amides is 2. The second-order valence-corrected chi connectivity index (χ2v) is 7.58. The molecule has 1 heterocycles. The fraction of sp³-hybridized carbons (Fsp3) is 0.562. The topological polar surface area (TPSA) is 76.7 Å². The van der Waals surface area contributed by atoms with Crippen molar-refractivity contribution in [2.24, 2.45) is 0 Å². The van der Waals surface area contributed by atoms with Gasteiger partial charge in [-0.3, -0.25) is 0 Å². The molecule has 0 aliphatic carbocycles. The number of urea groups is 1. The van der Waals surface area contributed by atoms with Gasteiger partial charge in [0.25, 0.3) is 0 Å². The third-order valence-electron chi connectivity index (χ3n) is 3.63. The quantitative estimate of drug-likeness (QED) is 0.795. The SMILES string of the molecule is C[S+]([O-])N1CCC(NC(=O)Nc2ccc(OC(C)(C)F)cc2)CC1. The summed E-state index contributed by atoms with van der Waals surface area (Å²) in [6, 6.07) is 6.30. The van der Waals surface area contributed by atoms with Crippen molar-refractivity contribution in [2.75, 3.05) is 24.7 Å². The zero-order valence-electron chi connectivity index (χ0n) is 14.2. The molecule has 1 fully saturated rings. The Balaban J connectivity index is 1.78. The third-order valence-corrected chi connectivity index (χ3v) is 4.72. The molecule has 0 saturated carbocycles. The molecule has 1 atom stereocenters. The second kappa shape index (κ2) is 8.04. The number of carbonyl (C=O) groups is 1. The van der Waals surface area contributed by atoms with Crippen molar-refractivity contribution in [3.05, 3.63) is 24.3 Å². The minimum absolute atomic E-state index is 0.0692. The van der Waals surface area contributed by atoms with E-state index >= 15 is 0 Å². The molecule has 1 saturated heterocycles. The Morgan fingerprint density at radius 1 is 1.33 bits per heavy atom. The van der Waals surface area contributed by atoms with Crippen LogP contribution in [0, 0.1) is 0 Å². The monoisotopic (exact) mass is 357 g/mol. The van der Waals surface area contributed by atoms with Gasteiger partial charge >= 0.3 is 6.03 Å². The molecule has 6 nitrogen and oxygen atoms in total. The van der Waals surface area contributed by atoms with Crippen LogP contribution < -0.4 is 15.4 Å². The van der Waals surface area contributed by atoms with Gasteiger partial charge in [-0.1, -0.05) is 0 Å². The molecule has 0 spiro atoms. The molecule has 1 aromatic rings. The van der Waals surface area contributed by atoms with Gasteiger partial charge in [-0.25, -0.2) is 4.79 Å². The lowest BCUT2D eigenvalue weighted by Gasteiger charge is -2.30. The van der Waals surface area contributed by atoms with Crippen LogP contribution in [0.3, 0.4) is 0 Å². The fourth-order valence-electron chi connectivity index (χ4n) is 2.50. The number of benzene rings is 1. The van der Waals surface area contributed by atoms with Crippen molar-refractivity contribution in [2.45, 2.75) is 38.6 Å². The number of hydrogen-bond acceptors (Lipinski definition) is 4. The van der Waals surface area contributed by atoms with E-state index in [-0.39, 0.29) is 12.1 Å². The highest BCUT2D eigenvalue weighted by Gasteiger charge is 2.25. The van der Waals surface area contributed by atoms with E-state index < -0.39 is 17.2 Å². The number of nitrogens with one attached hydrogen (secondary N) is 2. The van der Waals surface area contributed by atoms with Gasteiger partial charge in [0, 0.05) is 50.0 Å². The highest BCUT2D eigenvalue weighted by Crippen LogP contribution is 2.21. The number of alkyl halides is 1. The van der Waals surface area contributed by atoms with Crippen molar-refractivity contribution in [3.63, 3.8) is 0 Å². The molecule has 24 heavy (non-hydrogen) atoms. The first kappa shape index (κ1) is 18.8. The van der Waals surface area contributed by atoms with E-state index in [2.05, 4.69) is 10.6 Å². The number of nitrogens with zero attached hydrogens (tertiary/aromatic N) is 1. The van der Waals surface area contributed by atoms with E-state index in [1.807, 2.05) is 4.31 Å². The number of anilines is 1. The van der Waals surface area contributed by atoms with Crippen LogP contribution in [-0.4, -0.2) is 46.1 Å². The van der Waals surface area contributed by atoms with Gasteiger partial charge in [0.1, 0.15) is 12.0 Å². The largest absolute Gasteiger partial charge is 0.598 e. The van der Waals surface area contributed by atoms with Gasteiger partial charge in [-0.15, -0.1) is 4.31 Å². The lowest BCUT2D eigenvalue weighted by Crippen LogP contribution is -2.47. The number of piperidine rings is 1. The highest BCUT2D eigenvalue weighted by atomic mass is 32.2. The van der Waals surface area contributed by atoms with E-state index in [9.17, 15) is 13.7 Å². The molecule has 2 N–H and O–H groups in total. The molecule has 1 aliphatic heterocycles. The number of hydrogen-bond donors (Lipinski definition) is 2. The molecular weight excluding hydrogens is 333 g/mol. The van der Waals surface area contributed by atoms with E-state index in [1.165, 1.54) is 13.8 Å². The number of halogens is 1. The molecule has 1 unspecified atom stereocenters. The lowest BCUT2D eigenvalue weighted by atomic mass is 10.1. The minimum atomic E-state index is -1.75. The molecule has 0 radical (unpaired) electrons. The first-order chi connectivity index (χ1) is 11.2. The second-order valence-electron chi connectivity index (χ2n) is 6.22. The Bertz CT molecular complexity index is 540. The van der Waals surface area contributed by atoms with Crippen molar-refractivity contribution in [1.82, 2.24) is 9.62 Å².